The number of phenolic OH excluding ortho intramolecular Hbond substituents is 1. The molecule has 0 bridgehead atoms. The monoisotopic (exact) mass is 400 g/mol. The normalized spacial score (nSPS) is 11.5. The fourth-order valence-electron chi connectivity index (χ4n) is 3.19. The zero-order valence-corrected chi connectivity index (χ0v) is 15.6. The molecule has 3 aromatic carbocycles. The topological polar surface area (TPSA) is 20.2 Å². The molecule has 0 radical (unpaired) electrons. The van der Waals surface area contributed by atoms with Crippen molar-refractivity contribution in [2.24, 2.45) is 0 Å². The van der Waals surface area contributed by atoms with Gasteiger partial charge < -0.3 is 5.11 Å². The molecule has 1 N–H and O–H groups in total. The first-order chi connectivity index (χ1) is 11.5. The van der Waals surface area contributed by atoms with Crippen LogP contribution in [0.25, 0.3) is 32.0 Å². The third-order valence-electron chi connectivity index (χ3n) is 4.50. The van der Waals surface area contributed by atoms with Crippen molar-refractivity contribution < 1.29 is 9.50 Å². The maximum absolute atomic E-state index is 14.0. The van der Waals surface area contributed by atoms with Crippen LogP contribution >= 0.6 is 27.3 Å². The molecule has 0 fully saturated rings. The summed E-state index contributed by atoms with van der Waals surface area (Å²) in [6.45, 7) is 4.22. The van der Waals surface area contributed by atoms with E-state index in [0.29, 0.717) is 0 Å². The maximum Gasteiger partial charge on any atom is 0.165 e. The zero-order valence-electron chi connectivity index (χ0n) is 13.2. The minimum atomic E-state index is -0.600. The first-order valence-electron chi connectivity index (χ1n) is 7.58. The number of halogens is 2. The Morgan fingerprint density at radius 2 is 1.75 bits per heavy atom. The summed E-state index contributed by atoms with van der Waals surface area (Å²) in [6, 6.07) is 12.7. The van der Waals surface area contributed by atoms with Crippen molar-refractivity contribution in [3.63, 3.8) is 0 Å². The fraction of sp³-hybridized carbons (Fsp3) is 0.100. The van der Waals surface area contributed by atoms with Crippen molar-refractivity contribution >= 4 is 48.1 Å². The van der Waals surface area contributed by atoms with Crippen LogP contribution in [0.3, 0.4) is 0 Å². The fourth-order valence-corrected chi connectivity index (χ4v) is 5.10. The maximum atomic E-state index is 14.0. The molecule has 0 aliphatic heterocycles. The Kier molecular flexibility index (Phi) is 3.62. The highest BCUT2D eigenvalue weighted by atomic mass is 79.9. The van der Waals surface area contributed by atoms with Crippen molar-refractivity contribution in [1.82, 2.24) is 0 Å². The average molecular weight is 401 g/mol. The molecule has 0 saturated carbocycles. The van der Waals surface area contributed by atoms with Crippen LogP contribution in [0, 0.1) is 19.7 Å². The second-order valence-corrected chi connectivity index (χ2v) is 7.91. The molecule has 4 rings (SSSR count). The standard InChI is InChI=1S/C20H14BrFOS/c1-10-11(2)24-20-17(10)18(12-7-8-16(23)15(22)9-12)13-5-3-4-6-14(13)19(20)21/h3-9,23H,1-2H3. The van der Waals surface area contributed by atoms with Crippen molar-refractivity contribution in [2.75, 3.05) is 0 Å². The Labute approximate surface area is 151 Å². The van der Waals surface area contributed by atoms with E-state index in [1.807, 2.05) is 12.1 Å². The molecule has 0 saturated heterocycles. The van der Waals surface area contributed by atoms with E-state index in [1.165, 1.54) is 27.3 Å². The number of fused-ring (bicyclic) bond motifs is 2. The summed E-state index contributed by atoms with van der Waals surface area (Å²) in [5.41, 5.74) is 3.01. The van der Waals surface area contributed by atoms with E-state index in [2.05, 4.69) is 41.9 Å². The number of aromatic hydroxyl groups is 1. The van der Waals surface area contributed by atoms with Crippen LogP contribution in [0.5, 0.6) is 5.75 Å². The van der Waals surface area contributed by atoms with Gasteiger partial charge in [0.05, 0.1) is 4.70 Å². The number of hydrogen-bond acceptors (Lipinski definition) is 2. The zero-order chi connectivity index (χ0) is 17.0. The molecule has 4 heteroatoms. The van der Waals surface area contributed by atoms with Gasteiger partial charge in [-0.05, 0) is 69.4 Å². The summed E-state index contributed by atoms with van der Waals surface area (Å²) in [5.74, 6) is -0.924. The van der Waals surface area contributed by atoms with E-state index < -0.39 is 5.82 Å². The highest BCUT2D eigenvalue weighted by molar-refractivity contribution is 9.11. The highest BCUT2D eigenvalue weighted by Crippen LogP contribution is 2.47. The Morgan fingerprint density at radius 1 is 1.04 bits per heavy atom. The molecule has 0 unspecified atom stereocenters. The van der Waals surface area contributed by atoms with Gasteiger partial charge in [-0.2, -0.15) is 0 Å². The molecular formula is C20H14BrFOS. The van der Waals surface area contributed by atoms with Crippen LogP contribution in [-0.4, -0.2) is 5.11 Å². The number of aryl methyl sites for hydroxylation is 2. The van der Waals surface area contributed by atoms with Crippen LogP contribution in [0.1, 0.15) is 10.4 Å². The quantitative estimate of drug-likeness (QED) is 0.366. The summed E-state index contributed by atoms with van der Waals surface area (Å²) in [5, 5.41) is 12.9. The molecule has 0 atom stereocenters. The van der Waals surface area contributed by atoms with Crippen molar-refractivity contribution in [2.45, 2.75) is 13.8 Å². The van der Waals surface area contributed by atoms with Gasteiger partial charge in [0.25, 0.3) is 0 Å². The van der Waals surface area contributed by atoms with Gasteiger partial charge in [0.1, 0.15) is 0 Å². The molecule has 0 spiro atoms. The molecule has 120 valence electrons. The van der Waals surface area contributed by atoms with Gasteiger partial charge in [-0.15, -0.1) is 11.3 Å². The van der Waals surface area contributed by atoms with Crippen LogP contribution < -0.4 is 0 Å². The summed E-state index contributed by atoms with van der Waals surface area (Å²) in [6.07, 6.45) is 0. The summed E-state index contributed by atoms with van der Waals surface area (Å²) >= 11 is 5.51. The lowest BCUT2D eigenvalue weighted by molar-refractivity contribution is 0.432. The van der Waals surface area contributed by atoms with E-state index in [-0.39, 0.29) is 5.75 Å². The van der Waals surface area contributed by atoms with Crippen LogP contribution in [0.2, 0.25) is 0 Å². The van der Waals surface area contributed by atoms with Crippen molar-refractivity contribution in [1.29, 1.82) is 0 Å². The van der Waals surface area contributed by atoms with Crippen molar-refractivity contribution in [3.8, 4) is 16.9 Å². The van der Waals surface area contributed by atoms with Gasteiger partial charge in [-0.3, -0.25) is 0 Å². The van der Waals surface area contributed by atoms with Gasteiger partial charge in [0, 0.05) is 14.7 Å². The van der Waals surface area contributed by atoms with Gasteiger partial charge in [0.15, 0.2) is 11.6 Å². The second kappa shape index (κ2) is 5.57. The number of hydrogen-bond donors (Lipinski definition) is 1. The van der Waals surface area contributed by atoms with E-state index in [4.69, 9.17) is 0 Å². The highest BCUT2D eigenvalue weighted by Gasteiger charge is 2.19. The minimum Gasteiger partial charge on any atom is -0.505 e. The Balaban J connectivity index is 2.26. The third-order valence-corrected chi connectivity index (χ3v) is 6.81. The molecule has 24 heavy (non-hydrogen) atoms. The molecule has 0 aliphatic carbocycles. The predicted octanol–water partition coefficient (Wildman–Crippen LogP) is 6.95. The largest absolute Gasteiger partial charge is 0.505 e. The van der Waals surface area contributed by atoms with Gasteiger partial charge >= 0.3 is 0 Å². The third kappa shape index (κ3) is 2.17. The smallest absolute Gasteiger partial charge is 0.165 e. The van der Waals surface area contributed by atoms with Crippen LogP contribution in [0.15, 0.2) is 46.9 Å². The van der Waals surface area contributed by atoms with Gasteiger partial charge in [-0.25, -0.2) is 4.39 Å². The molecule has 1 nitrogen and oxygen atoms in total. The first-order valence-corrected chi connectivity index (χ1v) is 9.18. The predicted molar refractivity (Wildman–Crippen MR) is 104 cm³/mol. The number of phenols is 1. The first kappa shape index (κ1) is 15.6. The lowest BCUT2D eigenvalue weighted by Crippen LogP contribution is -1.88. The average Bonchev–Trinajstić information content (AvgIpc) is 2.87. The lowest BCUT2D eigenvalue weighted by atomic mass is 9.93. The number of benzene rings is 3. The van der Waals surface area contributed by atoms with Crippen molar-refractivity contribution in [3.05, 3.63) is 63.2 Å². The van der Waals surface area contributed by atoms with Crippen LogP contribution in [-0.2, 0) is 0 Å². The van der Waals surface area contributed by atoms with Gasteiger partial charge in [0.2, 0.25) is 0 Å². The van der Waals surface area contributed by atoms with E-state index in [1.54, 1.807) is 17.4 Å². The van der Waals surface area contributed by atoms with Crippen LogP contribution in [0.4, 0.5) is 4.39 Å². The summed E-state index contributed by atoms with van der Waals surface area (Å²) in [7, 11) is 0. The summed E-state index contributed by atoms with van der Waals surface area (Å²) < 4.78 is 16.2. The Bertz CT molecular complexity index is 1110. The minimum absolute atomic E-state index is 0.324. The van der Waals surface area contributed by atoms with E-state index in [0.717, 1.165) is 31.8 Å². The number of thiophene rings is 1. The molecule has 4 aromatic rings. The number of rotatable bonds is 1. The molecule has 1 aromatic heterocycles. The SMILES string of the molecule is Cc1sc2c(Br)c3ccccc3c(-c3ccc(O)c(F)c3)c2c1C. The van der Waals surface area contributed by atoms with E-state index in [9.17, 15) is 9.50 Å². The van der Waals surface area contributed by atoms with Gasteiger partial charge in [-0.1, -0.05) is 30.3 Å². The Hall–Kier alpha value is -1.91. The Morgan fingerprint density at radius 3 is 2.46 bits per heavy atom. The summed E-state index contributed by atoms with van der Waals surface area (Å²) in [4.78, 5) is 1.25. The molecule has 0 amide bonds. The van der Waals surface area contributed by atoms with E-state index >= 15 is 0 Å². The molecule has 0 aliphatic rings. The molecule has 1 heterocycles. The second-order valence-electron chi connectivity index (χ2n) is 5.89. The lowest BCUT2D eigenvalue weighted by Gasteiger charge is -2.13. The molecular weight excluding hydrogens is 387 g/mol.